The van der Waals surface area contributed by atoms with Crippen molar-refractivity contribution in [2.45, 2.75) is 13.2 Å². The zero-order chi connectivity index (χ0) is 13.5. The lowest BCUT2D eigenvalue weighted by Gasteiger charge is -2.17. The Labute approximate surface area is 113 Å². The van der Waals surface area contributed by atoms with E-state index < -0.39 is 0 Å². The second-order valence-electron chi connectivity index (χ2n) is 4.38. The number of carbonyl (C=O) groups is 1. The van der Waals surface area contributed by atoms with Gasteiger partial charge in [0.2, 0.25) is 0 Å². The second-order valence-corrected chi connectivity index (χ2v) is 4.38. The molecule has 19 heavy (non-hydrogen) atoms. The van der Waals surface area contributed by atoms with Crippen molar-refractivity contribution in [3.8, 4) is 0 Å². The summed E-state index contributed by atoms with van der Waals surface area (Å²) in [5.74, 6) is 0. The van der Waals surface area contributed by atoms with E-state index in [1.165, 1.54) is 0 Å². The predicted octanol–water partition coefficient (Wildman–Crippen LogP) is 3.46. The van der Waals surface area contributed by atoms with Crippen molar-refractivity contribution in [1.82, 2.24) is 4.90 Å². The van der Waals surface area contributed by atoms with Crippen LogP contribution in [-0.4, -0.2) is 18.0 Å². The Morgan fingerprint density at radius 1 is 0.947 bits per heavy atom. The molecule has 1 amide bonds. The monoisotopic (exact) mass is 255 g/mol. The van der Waals surface area contributed by atoms with Gasteiger partial charge in [0.25, 0.3) is 0 Å². The fourth-order valence-electron chi connectivity index (χ4n) is 1.75. The summed E-state index contributed by atoms with van der Waals surface area (Å²) in [5.41, 5.74) is 2.07. The highest BCUT2D eigenvalue weighted by Crippen LogP contribution is 2.06. The van der Waals surface area contributed by atoms with Crippen molar-refractivity contribution in [2.24, 2.45) is 0 Å². The van der Waals surface area contributed by atoms with Crippen LogP contribution in [0.2, 0.25) is 0 Å². The molecular formula is C16H17NO2. The Hall–Kier alpha value is -2.29. The first-order valence-corrected chi connectivity index (χ1v) is 6.21. The number of ether oxygens (including phenoxy) is 1. The summed E-state index contributed by atoms with van der Waals surface area (Å²) in [7, 11) is 1.74. The predicted molar refractivity (Wildman–Crippen MR) is 74.5 cm³/mol. The normalized spacial score (nSPS) is 9.95. The minimum absolute atomic E-state index is 0.304. The topological polar surface area (TPSA) is 29.5 Å². The molecule has 0 bridgehead atoms. The molecule has 0 unspecified atom stereocenters. The minimum Gasteiger partial charge on any atom is -0.445 e. The van der Waals surface area contributed by atoms with Gasteiger partial charge in [-0.1, -0.05) is 60.7 Å². The van der Waals surface area contributed by atoms with Crippen LogP contribution >= 0.6 is 0 Å². The van der Waals surface area contributed by atoms with Gasteiger partial charge in [-0.25, -0.2) is 4.79 Å². The zero-order valence-corrected chi connectivity index (χ0v) is 11.0. The summed E-state index contributed by atoms with van der Waals surface area (Å²) >= 11 is 0. The highest BCUT2D eigenvalue weighted by molar-refractivity contribution is 5.67. The van der Waals surface area contributed by atoms with Gasteiger partial charge >= 0.3 is 6.09 Å². The van der Waals surface area contributed by atoms with Crippen molar-refractivity contribution in [1.29, 1.82) is 0 Å². The van der Waals surface area contributed by atoms with Gasteiger partial charge < -0.3 is 9.64 Å². The average Bonchev–Trinajstić information content (AvgIpc) is 2.47. The summed E-state index contributed by atoms with van der Waals surface area (Å²) in [4.78, 5) is 13.4. The molecule has 0 N–H and O–H groups in total. The van der Waals surface area contributed by atoms with E-state index in [0.29, 0.717) is 13.2 Å². The smallest absolute Gasteiger partial charge is 0.410 e. The molecule has 3 nitrogen and oxygen atoms in total. The standard InChI is InChI=1S/C16H17NO2/c1-17(12-14-8-4-2-5-9-14)16(18)19-13-15-10-6-3-7-11-15/h2-11H,12-13H2,1H3. The first-order chi connectivity index (χ1) is 9.25. The Morgan fingerprint density at radius 2 is 1.47 bits per heavy atom. The molecule has 2 rings (SSSR count). The number of carbonyl (C=O) groups excluding carboxylic acids is 1. The molecule has 0 spiro atoms. The second kappa shape index (κ2) is 6.59. The van der Waals surface area contributed by atoms with Gasteiger partial charge in [-0.2, -0.15) is 0 Å². The van der Waals surface area contributed by atoms with Crippen molar-refractivity contribution in [3.05, 3.63) is 71.8 Å². The molecular weight excluding hydrogens is 238 g/mol. The number of rotatable bonds is 4. The summed E-state index contributed by atoms with van der Waals surface area (Å²) in [6.07, 6.45) is -0.312. The molecule has 2 aromatic carbocycles. The molecule has 2 aromatic rings. The van der Waals surface area contributed by atoms with E-state index in [-0.39, 0.29) is 6.09 Å². The largest absolute Gasteiger partial charge is 0.445 e. The first kappa shape index (κ1) is 13.1. The molecule has 98 valence electrons. The lowest BCUT2D eigenvalue weighted by Crippen LogP contribution is -2.26. The summed E-state index contributed by atoms with van der Waals surface area (Å²) in [6, 6.07) is 19.5. The summed E-state index contributed by atoms with van der Waals surface area (Å²) in [6.45, 7) is 0.854. The van der Waals surface area contributed by atoms with Crippen LogP contribution < -0.4 is 0 Å². The third-order valence-corrected chi connectivity index (χ3v) is 2.78. The maximum atomic E-state index is 11.8. The number of hydrogen-bond acceptors (Lipinski definition) is 2. The third kappa shape index (κ3) is 4.14. The van der Waals surface area contributed by atoms with Crippen LogP contribution in [0.3, 0.4) is 0 Å². The summed E-state index contributed by atoms with van der Waals surface area (Å²) in [5, 5.41) is 0. The number of hydrogen-bond donors (Lipinski definition) is 0. The van der Waals surface area contributed by atoms with Gasteiger partial charge in [-0.3, -0.25) is 0 Å². The zero-order valence-electron chi connectivity index (χ0n) is 11.0. The van der Waals surface area contributed by atoms with E-state index in [1.807, 2.05) is 60.7 Å². The van der Waals surface area contributed by atoms with E-state index >= 15 is 0 Å². The highest BCUT2D eigenvalue weighted by atomic mass is 16.6. The Kier molecular flexibility index (Phi) is 4.56. The molecule has 0 saturated heterocycles. The van der Waals surface area contributed by atoms with Gasteiger partial charge in [0.05, 0.1) is 0 Å². The molecule has 0 aromatic heterocycles. The fourth-order valence-corrected chi connectivity index (χ4v) is 1.75. The van der Waals surface area contributed by atoms with E-state index in [9.17, 15) is 4.79 Å². The molecule has 0 fully saturated rings. The highest BCUT2D eigenvalue weighted by Gasteiger charge is 2.10. The van der Waals surface area contributed by atoms with Gasteiger partial charge in [0.15, 0.2) is 0 Å². The Balaban J connectivity index is 1.83. The first-order valence-electron chi connectivity index (χ1n) is 6.21. The molecule has 0 atom stereocenters. The molecule has 0 aliphatic carbocycles. The lowest BCUT2D eigenvalue weighted by atomic mass is 10.2. The van der Waals surface area contributed by atoms with Crippen molar-refractivity contribution in [2.75, 3.05) is 7.05 Å². The number of amides is 1. The number of nitrogens with zero attached hydrogens (tertiary/aromatic N) is 1. The molecule has 0 aliphatic heterocycles. The molecule has 0 aliphatic rings. The summed E-state index contributed by atoms with van der Waals surface area (Å²) < 4.78 is 5.25. The molecule has 0 saturated carbocycles. The fraction of sp³-hybridized carbons (Fsp3) is 0.188. The maximum absolute atomic E-state index is 11.8. The minimum atomic E-state index is -0.312. The van der Waals surface area contributed by atoms with Crippen LogP contribution in [0, 0.1) is 0 Å². The van der Waals surface area contributed by atoms with Crippen molar-refractivity contribution in [3.63, 3.8) is 0 Å². The number of benzene rings is 2. The van der Waals surface area contributed by atoms with Crippen molar-refractivity contribution >= 4 is 6.09 Å². The molecule has 0 radical (unpaired) electrons. The van der Waals surface area contributed by atoms with Gasteiger partial charge in [-0.15, -0.1) is 0 Å². The molecule has 3 heteroatoms. The third-order valence-electron chi connectivity index (χ3n) is 2.78. The van der Waals surface area contributed by atoms with Crippen LogP contribution in [0.25, 0.3) is 0 Å². The van der Waals surface area contributed by atoms with Crippen LogP contribution in [0.5, 0.6) is 0 Å². The van der Waals surface area contributed by atoms with Gasteiger partial charge in [0, 0.05) is 13.6 Å². The van der Waals surface area contributed by atoms with E-state index in [2.05, 4.69) is 0 Å². The van der Waals surface area contributed by atoms with Crippen LogP contribution in [0.15, 0.2) is 60.7 Å². The Morgan fingerprint density at radius 3 is 2.05 bits per heavy atom. The van der Waals surface area contributed by atoms with Crippen LogP contribution in [-0.2, 0) is 17.9 Å². The van der Waals surface area contributed by atoms with Gasteiger partial charge in [0.1, 0.15) is 6.61 Å². The Bertz CT molecular complexity index is 511. The quantitative estimate of drug-likeness (QED) is 0.837. The van der Waals surface area contributed by atoms with E-state index in [1.54, 1.807) is 11.9 Å². The van der Waals surface area contributed by atoms with Crippen LogP contribution in [0.1, 0.15) is 11.1 Å². The van der Waals surface area contributed by atoms with E-state index in [0.717, 1.165) is 11.1 Å². The van der Waals surface area contributed by atoms with E-state index in [4.69, 9.17) is 4.74 Å². The average molecular weight is 255 g/mol. The van der Waals surface area contributed by atoms with Gasteiger partial charge in [-0.05, 0) is 11.1 Å². The SMILES string of the molecule is CN(Cc1ccccc1)C(=O)OCc1ccccc1. The maximum Gasteiger partial charge on any atom is 0.410 e. The van der Waals surface area contributed by atoms with Crippen LogP contribution in [0.4, 0.5) is 4.79 Å². The lowest BCUT2D eigenvalue weighted by molar-refractivity contribution is 0.103. The molecule has 0 heterocycles. The van der Waals surface area contributed by atoms with Crippen molar-refractivity contribution < 1.29 is 9.53 Å².